The van der Waals surface area contributed by atoms with Gasteiger partial charge in [0.15, 0.2) is 0 Å². The molecule has 1 saturated heterocycles. The lowest BCUT2D eigenvalue weighted by Crippen LogP contribution is -2.48. The third kappa shape index (κ3) is 3.66. The molecule has 2 amide bonds. The van der Waals surface area contributed by atoms with Crippen molar-refractivity contribution in [3.05, 3.63) is 35.4 Å². The van der Waals surface area contributed by atoms with E-state index >= 15 is 0 Å². The summed E-state index contributed by atoms with van der Waals surface area (Å²) in [4.78, 5) is 25.0. The van der Waals surface area contributed by atoms with Crippen LogP contribution < -0.4 is 11.1 Å². The first-order valence-electron chi connectivity index (χ1n) is 8.65. The molecule has 0 radical (unpaired) electrons. The number of nitrogens with one attached hydrogen (secondary N) is 1. The van der Waals surface area contributed by atoms with Gasteiger partial charge in [0.1, 0.15) is 11.6 Å². The third-order valence-electron chi connectivity index (χ3n) is 5.46. The highest BCUT2D eigenvalue weighted by Gasteiger charge is 2.52. The van der Waals surface area contributed by atoms with Crippen LogP contribution in [0.1, 0.15) is 31.2 Å². The average Bonchev–Trinajstić information content (AvgIpc) is 3.41. The fourth-order valence-corrected chi connectivity index (χ4v) is 3.62. The Hall–Kier alpha value is -2.02. The van der Waals surface area contributed by atoms with Crippen molar-refractivity contribution in [1.29, 1.82) is 0 Å². The zero-order chi connectivity index (χ0) is 18.0. The number of nitrogens with zero attached hydrogens (tertiary/aromatic N) is 1. The summed E-state index contributed by atoms with van der Waals surface area (Å²) < 4.78 is 27.1. The molecule has 5 nitrogen and oxygen atoms in total. The van der Waals surface area contributed by atoms with Gasteiger partial charge >= 0.3 is 0 Å². The molecule has 3 N–H and O–H groups in total. The van der Waals surface area contributed by atoms with Gasteiger partial charge in [0.25, 0.3) is 0 Å². The Morgan fingerprint density at radius 2 is 2.04 bits per heavy atom. The fraction of sp³-hybridized carbons (Fsp3) is 0.556. The Morgan fingerprint density at radius 1 is 1.36 bits per heavy atom. The zero-order valence-electron chi connectivity index (χ0n) is 14.0. The minimum absolute atomic E-state index is 0.202. The lowest BCUT2D eigenvalue weighted by atomic mass is 9.89. The van der Waals surface area contributed by atoms with Crippen LogP contribution in [0.3, 0.4) is 0 Å². The molecular weight excluding hydrogens is 328 g/mol. The third-order valence-corrected chi connectivity index (χ3v) is 5.46. The van der Waals surface area contributed by atoms with Crippen molar-refractivity contribution in [2.24, 2.45) is 11.7 Å². The highest BCUT2D eigenvalue weighted by Crippen LogP contribution is 2.49. The molecule has 1 aliphatic carbocycles. The van der Waals surface area contributed by atoms with Gasteiger partial charge in [-0.25, -0.2) is 8.78 Å². The second kappa shape index (κ2) is 7.07. The van der Waals surface area contributed by atoms with Crippen molar-refractivity contribution in [2.75, 3.05) is 19.6 Å². The summed E-state index contributed by atoms with van der Waals surface area (Å²) in [5, 5.41) is 2.84. The number of hydrogen-bond acceptors (Lipinski definition) is 3. The van der Waals surface area contributed by atoms with Crippen LogP contribution in [0.15, 0.2) is 18.2 Å². The predicted molar refractivity (Wildman–Crippen MR) is 88.6 cm³/mol. The van der Waals surface area contributed by atoms with Gasteiger partial charge in [-0.3, -0.25) is 9.59 Å². The molecule has 0 spiro atoms. The summed E-state index contributed by atoms with van der Waals surface area (Å²) in [6.45, 7) is 1.68. The molecule has 1 heterocycles. The number of hydrogen-bond donors (Lipinski definition) is 2. The van der Waals surface area contributed by atoms with Crippen LogP contribution in [0, 0.1) is 17.6 Å². The molecule has 1 unspecified atom stereocenters. The van der Waals surface area contributed by atoms with Gasteiger partial charge in [-0.15, -0.1) is 0 Å². The molecule has 136 valence electrons. The second-order valence-electron chi connectivity index (χ2n) is 7.06. The average molecular weight is 351 g/mol. The zero-order valence-corrected chi connectivity index (χ0v) is 14.0. The molecule has 2 fully saturated rings. The minimum Gasteiger partial charge on any atom is -0.354 e. The monoisotopic (exact) mass is 351 g/mol. The van der Waals surface area contributed by atoms with Crippen LogP contribution in [-0.4, -0.2) is 42.9 Å². The number of carbonyl (C=O) groups is 2. The Bertz CT molecular complexity index is 656. The van der Waals surface area contributed by atoms with E-state index in [0.717, 1.165) is 25.3 Å². The number of piperidine rings is 1. The van der Waals surface area contributed by atoms with Crippen molar-refractivity contribution in [3.63, 3.8) is 0 Å². The molecule has 0 bridgehead atoms. The fourth-order valence-electron chi connectivity index (χ4n) is 3.62. The summed E-state index contributed by atoms with van der Waals surface area (Å²) in [5.74, 6) is -1.34. The Balaban J connectivity index is 1.56. The number of carbonyl (C=O) groups excluding carboxylic acids is 2. The van der Waals surface area contributed by atoms with E-state index in [-0.39, 0.29) is 23.4 Å². The standard InChI is InChI=1S/C18H23F2N3O2/c19-13-1-2-14(15(20)9-13)18(5-6-18)17(25)22-10-16(21)12-3-7-23(11-24)8-4-12/h1-2,9,11-12,16H,3-8,10,21H2,(H,22,25). The predicted octanol–water partition coefficient (Wildman–Crippen LogP) is 1.31. The van der Waals surface area contributed by atoms with Crippen molar-refractivity contribution in [1.82, 2.24) is 10.2 Å². The Kier molecular flexibility index (Phi) is 5.03. The van der Waals surface area contributed by atoms with Crippen LogP contribution in [-0.2, 0) is 15.0 Å². The van der Waals surface area contributed by atoms with E-state index in [2.05, 4.69) is 5.32 Å². The maximum Gasteiger partial charge on any atom is 0.230 e. The molecule has 7 heteroatoms. The molecule has 1 atom stereocenters. The topological polar surface area (TPSA) is 75.4 Å². The molecule has 25 heavy (non-hydrogen) atoms. The van der Waals surface area contributed by atoms with Gasteiger partial charge in [0, 0.05) is 37.3 Å². The van der Waals surface area contributed by atoms with Crippen molar-refractivity contribution >= 4 is 12.3 Å². The van der Waals surface area contributed by atoms with Crippen molar-refractivity contribution < 1.29 is 18.4 Å². The summed E-state index contributed by atoms with van der Waals surface area (Å²) in [7, 11) is 0. The van der Waals surface area contributed by atoms with Crippen LogP contribution in [0.4, 0.5) is 8.78 Å². The summed E-state index contributed by atoms with van der Waals surface area (Å²) >= 11 is 0. The Morgan fingerprint density at radius 3 is 2.60 bits per heavy atom. The molecule has 1 aromatic carbocycles. The Labute approximate surface area is 145 Å². The van der Waals surface area contributed by atoms with Crippen LogP contribution in [0.25, 0.3) is 0 Å². The molecule has 2 aliphatic rings. The number of likely N-dealkylation sites (tertiary alicyclic amines) is 1. The molecular formula is C18H23F2N3O2. The van der Waals surface area contributed by atoms with Crippen LogP contribution >= 0.6 is 0 Å². The van der Waals surface area contributed by atoms with E-state index in [9.17, 15) is 18.4 Å². The molecule has 1 aromatic rings. The maximum absolute atomic E-state index is 14.0. The summed E-state index contributed by atoms with van der Waals surface area (Å²) in [6.07, 6.45) is 3.57. The van der Waals surface area contributed by atoms with Crippen molar-refractivity contribution in [2.45, 2.75) is 37.1 Å². The van der Waals surface area contributed by atoms with Crippen molar-refractivity contribution in [3.8, 4) is 0 Å². The van der Waals surface area contributed by atoms with E-state index in [1.54, 1.807) is 4.90 Å². The van der Waals surface area contributed by atoms with Gasteiger partial charge in [0.05, 0.1) is 5.41 Å². The van der Waals surface area contributed by atoms with Gasteiger partial charge < -0.3 is 16.0 Å². The molecule has 1 saturated carbocycles. The minimum atomic E-state index is -0.890. The van der Waals surface area contributed by atoms with Crippen LogP contribution in [0.5, 0.6) is 0 Å². The summed E-state index contributed by atoms with van der Waals surface area (Å²) in [6, 6.07) is 3.14. The molecule has 0 aromatic heterocycles. The smallest absolute Gasteiger partial charge is 0.230 e. The van der Waals surface area contributed by atoms with Gasteiger partial charge in [-0.2, -0.15) is 0 Å². The quantitative estimate of drug-likeness (QED) is 0.759. The number of nitrogens with two attached hydrogens (primary N) is 1. The first-order chi connectivity index (χ1) is 12.0. The lowest BCUT2D eigenvalue weighted by Gasteiger charge is -2.33. The van der Waals surface area contributed by atoms with E-state index in [0.29, 0.717) is 32.5 Å². The summed E-state index contributed by atoms with van der Waals surface area (Å²) in [5.41, 5.74) is 5.55. The first kappa shape index (κ1) is 17.8. The van der Waals surface area contributed by atoms with E-state index < -0.39 is 17.0 Å². The maximum atomic E-state index is 14.0. The van der Waals surface area contributed by atoms with E-state index in [1.165, 1.54) is 12.1 Å². The molecule has 3 rings (SSSR count). The van der Waals surface area contributed by atoms with Crippen LogP contribution in [0.2, 0.25) is 0 Å². The lowest BCUT2D eigenvalue weighted by molar-refractivity contribution is -0.123. The van der Waals surface area contributed by atoms with Gasteiger partial charge in [-0.1, -0.05) is 6.07 Å². The second-order valence-corrected chi connectivity index (χ2v) is 7.06. The SMILES string of the molecule is NC(CNC(=O)C1(c2ccc(F)cc2F)CC1)C1CCN(C=O)CC1. The van der Waals surface area contributed by atoms with Gasteiger partial charge in [-0.05, 0) is 37.7 Å². The van der Waals surface area contributed by atoms with Gasteiger partial charge in [0.2, 0.25) is 12.3 Å². The first-order valence-corrected chi connectivity index (χ1v) is 8.65. The highest BCUT2D eigenvalue weighted by molar-refractivity contribution is 5.91. The number of amides is 2. The van der Waals surface area contributed by atoms with E-state index in [1.807, 2.05) is 0 Å². The number of benzene rings is 1. The van der Waals surface area contributed by atoms with E-state index in [4.69, 9.17) is 5.73 Å². The normalized spacial score (nSPS) is 20.8. The largest absolute Gasteiger partial charge is 0.354 e. The molecule has 1 aliphatic heterocycles. The highest BCUT2D eigenvalue weighted by atomic mass is 19.1. The number of halogens is 2. The number of rotatable bonds is 6.